The average molecular weight is 329 g/mol. The van der Waals surface area contributed by atoms with Gasteiger partial charge in [0.1, 0.15) is 0 Å². The predicted octanol–water partition coefficient (Wildman–Crippen LogP) is 2.55. The Bertz CT molecular complexity index is 842. The highest BCUT2D eigenvalue weighted by Gasteiger charge is 2.04. The van der Waals surface area contributed by atoms with Crippen molar-refractivity contribution in [3.63, 3.8) is 0 Å². The molecular weight excluding hydrogens is 310 g/mol. The Kier molecular flexibility index (Phi) is 4.97. The molecule has 0 atom stereocenters. The van der Waals surface area contributed by atoms with Gasteiger partial charge in [-0.1, -0.05) is 19.1 Å². The van der Waals surface area contributed by atoms with Crippen molar-refractivity contribution >= 4 is 28.6 Å². The van der Waals surface area contributed by atoms with Crippen LogP contribution in [0.4, 0.5) is 5.95 Å². The van der Waals surface area contributed by atoms with Crippen molar-refractivity contribution in [2.45, 2.75) is 19.1 Å². The molecule has 0 aliphatic carbocycles. The molecular formula is C16H19N5OS. The largest absolute Gasteiger partial charge is 0.355 e. The van der Waals surface area contributed by atoms with Crippen LogP contribution in [0.3, 0.4) is 0 Å². The number of nitrogens with zero attached hydrogens (tertiary/aromatic N) is 2. The summed E-state index contributed by atoms with van der Waals surface area (Å²) in [6.07, 6.45) is 2.69. The number of anilines is 1. The second kappa shape index (κ2) is 7.32. The van der Waals surface area contributed by atoms with Crippen LogP contribution in [0.2, 0.25) is 0 Å². The Morgan fingerprint density at radius 2 is 2.17 bits per heavy atom. The van der Waals surface area contributed by atoms with Crippen molar-refractivity contribution in [2.75, 3.05) is 17.6 Å². The maximum atomic E-state index is 12.0. The lowest BCUT2D eigenvalue weighted by Gasteiger charge is -2.06. The van der Waals surface area contributed by atoms with Gasteiger partial charge in [0.05, 0.1) is 22.9 Å². The van der Waals surface area contributed by atoms with Crippen LogP contribution in [0.5, 0.6) is 0 Å². The molecule has 2 aromatic heterocycles. The van der Waals surface area contributed by atoms with Crippen molar-refractivity contribution in [3.05, 3.63) is 52.3 Å². The number of H-pyrrole nitrogens is 2. The third-order valence-electron chi connectivity index (χ3n) is 3.54. The van der Waals surface area contributed by atoms with E-state index >= 15 is 0 Å². The van der Waals surface area contributed by atoms with Crippen molar-refractivity contribution in [1.82, 2.24) is 19.9 Å². The normalized spacial score (nSPS) is 11.0. The first-order chi connectivity index (χ1) is 11.3. The van der Waals surface area contributed by atoms with E-state index < -0.39 is 0 Å². The molecule has 6 nitrogen and oxygen atoms in total. The molecule has 0 radical (unpaired) electrons. The predicted molar refractivity (Wildman–Crippen MR) is 95.0 cm³/mol. The second-order valence-electron chi connectivity index (χ2n) is 5.09. The van der Waals surface area contributed by atoms with E-state index in [4.69, 9.17) is 0 Å². The summed E-state index contributed by atoms with van der Waals surface area (Å²) in [4.78, 5) is 26.6. The Morgan fingerprint density at radius 1 is 1.30 bits per heavy atom. The van der Waals surface area contributed by atoms with Gasteiger partial charge in [0.25, 0.3) is 5.56 Å². The Morgan fingerprint density at radius 3 is 3.04 bits per heavy atom. The highest BCUT2D eigenvalue weighted by molar-refractivity contribution is 7.98. The molecule has 3 rings (SSSR count). The molecule has 0 aliphatic heterocycles. The van der Waals surface area contributed by atoms with Gasteiger partial charge in [-0.05, 0) is 18.6 Å². The maximum absolute atomic E-state index is 12.0. The minimum absolute atomic E-state index is 0.115. The van der Waals surface area contributed by atoms with Crippen LogP contribution in [-0.4, -0.2) is 32.2 Å². The summed E-state index contributed by atoms with van der Waals surface area (Å²) in [6.45, 7) is 2.84. The van der Waals surface area contributed by atoms with E-state index in [1.807, 2.05) is 30.0 Å². The molecule has 0 aliphatic rings. The average Bonchev–Trinajstić information content (AvgIpc) is 3.02. The number of hydrogen-bond acceptors (Lipinski definition) is 5. The van der Waals surface area contributed by atoms with Crippen molar-refractivity contribution in [3.8, 4) is 0 Å². The van der Waals surface area contributed by atoms with Crippen LogP contribution in [0.25, 0.3) is 10.9 Å². The number of benzene rings is 1. The minimum atomic E-state index is -0.115. The number of hydrogen-bond donors (Lipinski definition) is 3. The van der Waals surface area contributed by atoms with Crippen LogP contribution >= 0.6 is 11.8 Å². The van der Waals surface area contributed by atoms with Gasteiger partial charge in [0, 0.05) is 23.7 Å². The molecule has 7 heteroatoms. The SMILES string of the molecule is CCc1nc[nH]c1CSCCNc1nc2ccccc2c(=O)[nH]1. The number of aryl methyl sites for hydroxylation is 1. The number of nitrogens with one attached hydrogen (secondary N) is 3. The standard InChI is InChI=1S/C16H19N5OS/c1-2-12-14(19-10-18-12)9-23-8-7-17-16-20-13-6-4-3-5-11(13)15(22)21-16/h3-6,10H,2,7-9H2,1H3,(H,18,19)(H2,17,20,21,22). The molecule has 0 fully saturated rings. The molecule has 0 amide bonds. The molecule has 0 saturated heterocycles. The van der Waals surface area contributed by atoms with E-state index in [1.54, 1.807) is 12.4 Å². The van der Waals surface area contributed by atoms with Crippen LogP contribution in [0, 0.1) is 0 Å². The zero-order chi connectivity index (χ0) is 16.1. The van der Waals surface area contributed by atoms with Gasteiger partial charge < -0.3 is 10.3 Å². The lowest BCUT2D eigenvalue weighted by Crippen LogP contribution is -2.14. The van der Waals surface area contributed by atoms with Crippen molar-refractivity contribution in [2.24, 2.45) is 0 Å². The van der Waals surface area contributed by atoms with Crippen molar-refractivity contribution < 1.29 is 0 Å². The lowest BCUT2D eigenvalue weighted by atomic mass is 10.2. The van der Waals surface area contributed by atoms with E-state index in [2.05, 4.69) is 32.2 Å². The third-order valence-corrected chi connectivity index (χ3v) is 4.53. The van der Waals surface area contributed by atoms with E-state index in [0.717, 1.165) is 30.2 Å². The van der Waals surface area contributed by atoms with Gasteiger partial charge in [-0.3, -0.25) is 9.78 Å². The van der Waals surface area contributed by atoms with E-state index in [-0.39, 0.29) is 5.56 Å². The first-order valence-electron chi connectivity index (χ1n) is 7.59. The Hall–Kier alpha value is -2.28. The summed E-state index contributed by atoms with van der Waals surface area (Å²) in [7, 11) is 0. The van der Waals surface area contributed by atoms with Gasteiger partial charge in [0.2, 0.25) is 5.95 Å². The molecule has 0 saturated carbocycles. The number of thioether (sulfide) groups is 1. The van der Waals surface area contributed by atoms with Crippen molar-refractivity contribution in [1.29, 1.82) is 0 Å². The maximum Gasteiger partial charge on any atom is 0.260 e. The zero-order valence-electron chi connectivity index (χ0n) is 12.9. The molecule has 1 aromatic carbocycles. The molecule has 3 aromatic rings. The summed E-state index contributed by atoms with van der Waals surface area (Å²) in [6, 6.07) is 7.33. The van der Waals surface area contributed by atoms with Gasteiger partial charge in [-0.25, -0.2) is 9.97 Å². The number of rotatable bonds is 7. The summed E-state index contributed by atoms with van der Waals surface area (Å²) < 4.78 is 0. The van der Waals surface area contributed by atoms with Gasteiger partial charge in [0.15, 0.2) is 0 Å². The van der Waals surface area contributed by atoms with Crippen LogP contribution in [0.1, 0.15) is 18.3 Å². The summed E-state index contributed by atoms with van der Waals surface area (Å²) in [5, 5.41) is 3.78. The number of fused-ring (bicyclic) bond motifs is 1. The quantitative estimate of drug-likeness (QED) is 0.580. The van der Waals surface area contributed by atoms with E-state index in [1.165, 1.54) is 5.69 Å². The molecule has 0 bridgehead atoms. The number of imidazole rings is 1. The van der Waals surface area contributed by atoms with Crippen LogP contribution in [-0.2, 0) is 12.2 Å². The number of para-hydroxylation sites is 1. The summed E-state index contributed by atoms with van der Waals surface area (Å²) >= 11 is 1.81. The third kappa shape index (κ3) is 3.73. The number of aromatic amines is 2. The first kappa shape index (κ1) is 15.6. The number of aromatic nitrogens is 4. The Balaban J connectivity index is 1.52. The molecule has 0 spiro atoms. The fourth-order valence-electron chi connectivity index (χ4n) is 2.36. The van der Waals surface area contributed by atoms with Crippen LogP contribution < -0.4 is 10.9 Å². The van der Waals surface area contributed by atoms with Gasteiger partial charge in [-0.2, -0.15) is 11.8 Å². The lowest BCUT2D eigenvalue weighted by molar-refractivity contribution is 1.03. The topological polar surface area (TPSA) is 86.5 Å². The molecule has 3 N–H and O–H groups in total. The van der Waals surface area contributed by atoms with Crippen LogP contribution in [0.15, 0.2) is 35.4 Å². The smallest absolute Gasteiger partial charge is 0.260 e. The van der Waals surface area contributed by atoms with E-state index in [0.29, 0.717) is 16.9 Å². The molecule has 0 unspecified atom stereocenters. The van der Waals surface area contributed by atoms with Gasteiger partial charge >= 0.3 is 0 Å². The second-order valence-corrected chi connectivity index (χ2v) is 6.20. The zero-order valence-corrected chi connectivity index (χ0v) is 13.7. The fraction of sp³-hybridized carbons (Fsp3) is 0.312. The monoisotopic (exact) mass is 329 g/mol. The Labute approximate surface area is 138 Å². The molecule has 2 heterocycles. The highest BCUT2D eigenvalue weighted by Crippen LogP contribution is 2.13. The summed E-state index contributed by atoms with van der Waals surface area (Å²) in [5.74, 6) is 2.34. The van der Waals surface area contributed by atoms with Gasteiger partial charge in [-0.15, -0.1) is 0 Å². The molecule has 23 heavy (non-hydrogen) atoms. The van der Waals surface area contributed by atoms with E-state index in [9.17, 15) is 4.79 Å². The minimum Gasteiger partial charge on any atom is -0.355 e. The highest BCUT2D eigenvalue weighted by atomic mass is 32.2. The first-order valence-corrected chi connectivity index (χ1v) is 8.75. The summed E-state index contributed by atoms with van der Waals surface area (Å²) in [5.41, 5.74) is 2.91. The molecule has 120 valence electrons. The fourth-order valence-corrected chi connectivity index (χ4v) is 3.21.